The van der Waals surface area contributed by atoms with Crippen LogP contribution in [0.5, 0.6) is 0 Å². The van der Waals surface area contributed by atoms with E-state index in [-0.39, 0.29) is 0 Å². The highest BCUT2D eigenvalue weighted by Gasteiger charge is 2.31. The molecule has 2 aromatic rings. The molecule has 0 radical (unpaired) electrons. The van der Waals surface area contributed by atoms with Gasteiger partial charge in [-0.2, -0.15) is 0 Å². The Morgan fingerprint density at radius 2 is 2.10 bits per heavy atom. The first-order valence-electron chi connectivity index (χ1n) is 7.56. The molecule has 0 spiro atoms. The summed E-state index contributed by atoms with van der Waals surface area (Å²) < 4.78 is 3.33. The molecule has 1 saturated carbocycles. The standard InChI is InChI=1S/C15H18BrN5/c16-12-6-14(8-17-7-12)20-5-1-2-11(9-20)15-19-18-10-21(15)13-3-4-13/h6-8,10-11,13H,1-5,9H2/t11-/m1/s1. The molecular weight excluding hydrogens is 330 g/mol. The Hall–Kier alpha value is -1.43. The maximum atomic E-state index is 4.41. The highest BCUT2D eigenvalue weighted by molar-refractivity contribution is 9.10. The summed E-state index contributed by atoms with van der Waals surface area (Å²) in [4.78, 5) is 6.70. The van der Waals surface area contributed by atoms with E-state index in [1.807, 2.05) is 18.7 Å². The molecular formula is C15H18BrN5. The third-order valence-electron chi connectivity index (χ3n) is 4.38. The molecule has 0 aromatic carbocycles. The molecule has 0 unspecified atom stereocenters. The maximum absolute atomic E-state index is 4.41. The number of hydrogen-bond acceptors (Lipinski definition) is 4. The van der Waals surface area contributed by atoms with Crippen molar-refractivity contribution < 1.29 is 0 Å². The topological polar surface area (TPSA) is 46.8 Å². The monoisotopic (exact) mass is 347 g/mol. The summed E-state index contributed by atoms with van der Waals surface area (Å²) in [7, 11) is 0. The highest BCUT2D eigenvalue weighted by Crippen LogP contribution is 2.38. The van der Waals surface area contributed by atoms with E-state index < -0.39 is 0 Å². The van der Waals surface area contributed by atoms with Gasteiger partial charge in [0.25, 0.3) is 0 Å². The van der Waals surface area contributed by atoms with Crippen molar-refractivity contribution in [1.29, 1.82) is 0 Å². The summed E-state index contributed by atoms with van der Waals surface area (Å²) in [5.41, 5.74) is 1.19. The van der Waals surface area contributed by atoms with Crippen LogP contribution in [0.15, 0.2) is 29.3 Å². The Morgan fingerprint density at radius 1 is 1.19 bits per heavy atom. The Morgan fingerprint density at radius 3 is 2.90 bits per heavy atom. The Balaban J connectivity index is 1.56. The van der Waals surface area contributed by atoms with E-state index >= 15 is 0 Å². The molecule has 110 valence electrons. The minimum absolute atomic E-state index is 0.473. The molecule has 1 atom stereocenters. The first-order chi connectivity index (χ1) is 10.3. The van der Waals surface area contributed by atoms with Crippen molar-refractivity contribution in [3.8, 4) is 0 Å². The van der Waals surface area contributed by atoms with Crippen LogP contribution in [0, 0.1) is 0 Å². The minimum Gasteiger partial charge on any atom is -0.370 e. The van der Waals surface area contributed by atoms with E-state index in [1.165, 1.54) is 37.2 Å². The van der Waals surface area contributed by atoms with Gasteiger partial charge in [-0.05, 0) is 47.7 Å². The van der Waals surface area contributed by atoms with Crippen LogP contribution >= 0.6 is 15.9 Å². The normalized spacial score (nSPS) is 22.5. The smallest absolute Gasteiger partial charge is 0.137 e. The summed E-state index contributed by atoms with van der Waals surface area (Å²) in [5.74, 6) is 1.64. The summed E-state index contributed by atoms with van der Waals surface area (Å²) in [6, 6.07) is 2.79. The lowest BCUT2D eigenvalue weighted by Crippen LogP contribution is -2.35. The Labute approximate surface area is 132 Å². The number of nitrogens with zero attached hydrogens (tertiary/aromatic N) is 5. The average molecular weight is 348 g/mol. The van der Waals surface area contributed by atoms with Crippen LogP contribution in [-0.4, -0.2) is 32.8 Å². The lowest BCUT2D eigenvalue weighted by Gasteiger charge is -2.34. The molecule has 0 amide bonds. The molecule has 1 saturated heterocycles. The Bertz CT molecular complexity index is 636. The quantitative estimate of drug-likeness (QED) is 0.855. The van der Waals surface area contributed by atoms with Crippen molar-refractivity contribution >= 4 is 21.6 Å². The molecule has 0 bridgehead atoms. The zero-order chi connectivity index (χ0) is 14.2. The molecule has 1 aliphatic heterocycles. The summed E-state index contributed by atoms with van der Waals surface area (Å²) in [6.07, 6.45) is 10.6. The van der Waals surface area contributed by atoms with Gasteiger partial charge in [0.15, 0.2) is 0 Å². The average Bonchev–Trinajstić information content (AvgIpc) is 3.24. The van der Waals surface area contributed by atoms with Gasteiger partial charge in [0.1, 0.15) is 12.2 Å². The van der Waals surface area contributed by atoms with Gasteiger partial charge in [-0.3, -0.25) is 4.98 Å². The first-order valence-corrected chi connectivity index (χ1v) is 8.35. The first kappa shape index (κ1) is 13.2. The summed E-state index contributed by atoms with van der Waals surface area (Å²) in [5, 5.41) is 8.55. The van der Waals surface area contributed by atoms with Gasteiger partial charge in [0.05, 0.1) is 11.9 Å². The van der Waals surface area contributed by atoms with Crippen LogP contribution in [0.4, 0.5) is 5.69 Å². The van der Waals surface area contributed by atoms with Gasteiger partial charge in [0.2, 0.25) is 0 Å². The van der Waals surface area contributed by atoms with Gasteiger partial charge in [0, 0.05) is 35.7 Å². The van der Waals surface area contributed by atoms with Crippen LogP contribution in [0.1, 0.15) is 43.5 Å². The van der Waals surface area contributed by atoms with E-state index in [1.54, 1.807) is 0 Å². The largest absolute Gasteiger partial charge is 0.370 e. The fourth-order valence-corrected chi connectivity index (χ4v) is 3.53. The predicted molar refractivity (Wildman–Crippen MR) is 84.4 cm³/mol. The number of hydrogen-bond donors (Lipinski definition) is 0. The van der Waals surface area contributed by atoms with Crippen LogP contribution < -0.4 is 4.90 Å². The highest BCUT2D eigenvalue weighted by atomic mass is 79.9. The lowest BCUT2D eigenvalue weighted by atomic mass is 9.96. The SMILES string of the molecule is Brc1cncc(N2CCC[C@@H](c3nncn3C3CC3)C2)c1. The van der Waals surface area contributed by atoms with E-state index in [4.69, 9.17) is 0 Å². The number of anilines is 1. The number of aromatic nitrogens is 4. The van der Waals surface area contributed by atoms with Gasteiger partial charge in [-0.15, -0.1) is 10.2 Å². The second kappa shape index (κ2) is 5.40. The molecule has 2 aliphatic rings. The number of pyridine rings is 1. The molecule has 6 heteroatoms. The third-order valence-corrected chi connectivity index (χ3v) is 4.82. The predicted octanol–water partition coefficient (Wildman–Crippen LogP) is 3.15. The van der Waals surface area contributed by atoms with E-state index in [0.717, 1.165) is 17.6 Å². The van der Waals surface area contributed by atoms with Crippen molar-refractivity contribution in [3.63, 3.8) is 0 Å². The molecule has 21 heavy (non-hydrogen) atoms. The Kier molecular flexibility index (Phi) is 3.41. The molecule has 3 heterocycles. The van der Waals surface area contributed by atoms with Crippen molar-refractivity contribution in [2.24, 2.45) is 0 Å². The van der Waals surface area contributed by atoms with E-state index in [2.05, 4.69) is 46.6 Å². The molecule has 4 rings (SSSR count). The van der Waals surface area contributed by atoms with Crippen molar-refractivity contribution in [3.05, 3.63) is 35.1 Å². The van der Waals surface area contributed by atoms with Crippen LogP contribution in [0.3, 0.4) is 0 Å². The van der Waals surface area contributed by atoms with Crippen LogP contribution in [0.25, 0.3) is 0 Å². The summed E-state index contributed by atoms with van der Waals surface area (Å²) in [6.45, 7) is 2.09. The molecule has 0 N–H and O–H groups in total. The van der Waals surface area contributed by atoms with Gasteiger partial charge < -0.3 is 9.47 Å². The molecule has 5 nitrogen and oxygen atoms in total. The van der Waals surface area contributed by atoms with Crippen molar-refractivity contribution in [2.45, 2.75) is 37.6 Å². The van der Waals surface area contributed by atoms with Crippen LogP contribution in [0.2, 0.25) is 0 Å². The van der Waals surface area contributed by atoms with Gasteiger partial charge >= 0.3 is 0 Å². The fourth-order valence-electron chi connectivity index (χ4n) is 3.17. The second-order valence-electron chi connectivity index (χ2n) is 5.97. The zero-order valence-corrected chi connectivity index (χ0v) is 13.4. The lowest BCUT2D eigenvalue weighted by molar-refractivity contribution is 0.471. The molecule has 1 aliphatic carbocycles. The fraction of sp³-hybridized carbons (Fsp3) is 0.533. The molecule has 2 fully saturated rings. The second-order valence-corrected chi connectivity index (χ2v) is 6.89. The van der Waals surface area contributed by atoms with Crippen molar-refractivity contribution in [2.75, 3.05) is 18.0 Å². The number of halogens is 1. The summed E-state index contributed by atoms with van der Waals surface area (Å²) >= 11 is 3.51. The maximum Gasteiger partial charge on any atom is 0.137 e. The number of piperidine rings is 1. The van der Waals surface area contributed by atoms with Gasteiger partial charge in [-0.25, -0.2) is 0 Å². The zero-order valence-electron chi connectivity index (χ0n) is 11.8. The molecule has 2 aromatic heterocycles. The number of rotatable bonds is 3. The van der Waals surface area contributed by atoms with E-state index in [9.17, 15) is 0 Å². The minimum atomic E-state index is 0.473. The third kappa shape index (κ3) is 2.69. The van der Waals surface area contributed by atoms with Crippen LogP contribution in [-0.2, 0) is 0 Å². The van der Waals surface area contributed by atoms with Crippen molar-refractivity contribution in [1.82, 2.24) is 19.7 Å². The van der Waals surface area contributed by atoms with E-state index in [0.29, 0.717) is 12.0 Å². The van der Waals surface area contributed by atoms with Gasteiger partial charge in [-0.1, -0.05) is 0 Å².